The summed E-state index contributed by atoms with van der Waals surface area (Å²) >= 11 is 0. The summed E-state index contributed by atoms with van der Waals surface area (Å²) in [7, 11) is 0. The van der Waals surface area contributed by atoms with E-state index in [1.807, 2.05) is 13.8 Å². The first-order chi connectivity index (χ1) is 8.42. The van der Waals surface area contributed by atoms with Gasteiger partial charge in [0.1, 0.15) is 17.2 Å². The number of nitrogens with one attached hydrogen (secondary N) is 1. The average molecular weight is 254 g/mol. The van der Waals surface area contributed by atoms with Gasteiger partial charge in [-0.3, -0.25) is 0 Å². The van der Waals surface area contributed by atoms with Crippen LogP contribution in [0.3, 0.4) is 0 Å². The van der Waals surface area contributed by atoms with Crippen molar-refractivity contribution in [1.29, 1.82) is 0 Å². The van der Waals surface area contributed by atoms with E-state index < -0.39 is 17.3 Å². The standard InChI is InChI=1S/C12H15FN2O3/c1-7-12(2,3-4-18-7)15-10-9(11(16)17)5-8(13)6-14-10/h5-7H,3-4H2,1-2H3,(H,14,15)(H,16,17). The zero-order valence-electron chi connectivity index (χ0n) is 10.2. The van der Waals surface area contributed by atoms with Gasteiger partial charge in [-0.2, -0.15) is 0 Å². The largest absolute Gasteiger partial charge is 0.478 e. The van der Waals surface area contributed by atoms with E-state index in [-0.39, 0.29) is 17.5 Å². The van der Waals surface area contributed by atoms with Gasteiger partial charge in [0.05, 0.1) is 17.8 Å². The van der Waals surface area contributed by atoms with Crippen molar-refractivity contribution in [1.82, 2.24) is 4.98 Å². The minimum Gasteiger partial charge on any atom is -0.478 e. The summed E-state index contributed by atoms with van der Waals surface area (Å²) in [5.41, 5.74) is -0.565. The van der Waals surface area contributed by atoms with Gasteiger partial charge in [-0.1, -0.05) is 0 Å². The van der Waals surface area contributed by atoms with Crippen LogP contribution in [-0.4, -0.2) is 34.3 Å². The van der Waals surface area contributed by atoms with Crippen molar-refractivity contribution in [2.75, 3.05) is 11.9 Å². The Bertz CT molecular complexity index is 480. The number of anilines is 1. The summed E-state index contributed by atoms with van der Waals surface area (Å²) in [6.45, 7) is 4.44. The van der Waals surface area contributed by atoms with Crippen molar-refractivity contribution in [3.05, 3.63) is 23.6 Å². The van der Waals surface area contributed by atoms with E-state index in [1.54, 1.807) is 0 Å². The molecule has 0 amide bonds. The third kappa shape index (κ3) is 2.28. The number of ether oxygens (including phenoxy) is 1. The molecule has 0 radical (unpaired) electrons. The summed E-state index contributed by atoms with van der Waals surface area (Å²) in [6, 6.07) is 0.960. The minimum absolute atomic E-state index is 0.0639. The molecule has 2 heterocycles. The maximum absolute atomic E-state index is 13.0. The van der Waals surface area contributed by atoms with Gasteiger partial charge in [0, 0.05) is 6.61 Å². The number of hydrogen-bond acceptors (Lipinski definition) is 4. The zero-order valence-corrected chi connectivity index (χ0v) is 10.2. The van der Waals surface area contributed by atoms with Crippen molar-refractivity contribution < 1.29 is 19.0 Å². The molecule has 1 aliphatic rings. The van der Waals surface area contributed by atoms with Crippen LogP contribution in [0.2, 0.25) is 0 Å². The minimum atomic E-state index is -1.21. The molecule has 0 bridgehead atoms. The molecule has 0 spiro atoms. The lowest BCUT2D eigenvalue weighted by Crippen LogP contribution is -2.42. The Labute approximate surface area is 104 Å². The molecule has 1 aliphatic heterocycles. The Morgan fingerprint density at radius 1 is 1.72 bits per heavy atom. The van der Waals surface area contributed by atoms with E-state index in [1.165, 1.54) is 0 Å². The molecule has 0 saturated carbocycles. The number of rotatable bonds is 3. The Morgan fingerprint density at radius 3 is 3.00 bits per heavy atom. The van der Waals surface area contributed by atoms with Gasteiger partial charge in [0.25, 0.3) is 0 Å². The summed E-state index contributed by atoms with van der Waals surface area (Å²) in [5, 5.41) is 12.1. The Hall–Kier alpha value is -1.69. The second-order valence-electron chi connectivity index (χ2n) is 4.66. The van der Waals surface area contributed by atoms with Crippen LogP contribution >= 0.6 is 0 Å². The van der Waals surface area contributed by atoms with Crippen LogP contribution in [0, 0.1) is 5.82 Å². The number of aromatic nitrogens is 1. The van der Waals surface area contributed by atoms with Gasteiger partial charge in [-0.25, -0.2) is 14.2 Å². The maximum atomic E-state index is 13.0. The Kier molecular flexibility index (Phi) is 3.21. The number of hydrogen-bond donors (Lipinski definition) is 2. The van der Waals surface area contributed by atoms with Crippen LogP contribution in [0.15, 0.2) is 12.3 Å². The SMILES string of the molecule is CC1OCCC1(C)Nc1ncc(F)cc1C(=O)O. The van der Waals surface area contributed by atoms with Crippen molar-refractivity contribution in [3.63, 3.8) is 0 Å². The topological polar surface area (TPSA) is 71.5 Å². The predicted molar refractivity (Wildman–Crippen MR) is 63.2 cm³/mol. The van der Waals surface area contributed by atoms with Gasteiger partial charge in [-0.15, -0.1) is 0 Å². The summed E-state index contributed by atoms with van der Waals surface area (Å²) in [6.07, 6.45) is 1.68. The first-order valence-electron chi connectivity index (χ1n) is 5.71. The van der Waals surface area contributed by atoms with Gasteiger partial charge in [-0.05, 0) is 26.3 Å². The van der Waals surface area contributed by atoms with Crippen LogP contribution in [0.25, 0.3) is 0 Å². The number of carboxylic acid groups (broad SMARTS) is 1. The first-order valence-corrected chi connectivity index (χ1v) is 5.71. The summed E-state index contributed by atoms with van der Waals surface area (Å²) in [4.78, 5) is 14.9. The van der Waals surface area contributed by atoms with E-state index in [9.17, 15) is 9.18 Å². The number of carboxylic acids is 1. The fourth-order valence-electron chi connectivity index (χ4n) is 1.97. The van der Waals surface area contributed by atoms with E-state index in [2.05, 4.69) is 10.3 Å². The van der Waals surface area contributed by atoms with Crippen LogP contribution in [0.4, 0.5) is 10.2 Å². The highest BCUT2D eigenvalue weighted by Crippen LogP contribution is 2.30. The molecule has 2 N–H and O–H groups in total. The van der Waals surface area contributed by atoms with Crippen LogP contribution in [0.5, 0.6) is 0 Å². The van der Waals surface area contributed by atoms with Crippen LogP contribution in [-0.2, 0) is 4.74 Å². The average Bonchev–Trinajstić information content (AvgIpc) is 2.61. The summed E-state index contributed by atoms with van der Waals surface area (Å²) < 4.78 is 18.5. The molecule has 1 saturated heterocycles. The number of nitrogens with zero attached hydrogens (tertiary/aromatic N) is 1. The quantitative estimate of drug-likeness (QED) is 0.862. The normalized spacial score (nSPS) is 27.2. The predicted octanol–water partition coefficient (Wildman–Crippen LogP) is 1.90. The number of pyridine rings is 1. The van der Waals surface area contributed by atoms with Crippen molar-refractivity contribution >= 4 is 11.8 Å². The molecule has 2 rings (SSSR count). The molecule has 1 aromatic rings. The van der Waals surface area contributed by atoms with Crippen molar-refractivity contribution in [3.8, 4) is 0 Å². The molecule has 2 atom stereocenters. The third-order valence-electron chi connectivity index (χ3n) is 3.38. The van der Waals surface area contributed by atoms with Gasteiger partial charge < -0.3 is 15.2 Å². The van der Waals surface area contributed by atoms with Gasteiger partial charge in [0.15, 0.2) is 0 Å². The molecule has 98 valence electrons. The van der Waals surface area contributed by atoms with Crippen LogP contribution in [0.1, 0.15) is 30.6 Å². The van der Waals surface area contributed by atoms with Gasteiger partial charge in [0.2, 0.25) is 0 Å². The monoisotopic (exact) mass is 254 g/mol. The zero-order chi connectivity index (χ0) is 13.3. The lowest BCUT2D eigenvalue weighted by Gasteiger charge is -2.30. The lowest BCUT2D eigenvalue weighted by molar-refractivity contribution is 0.0696. The summed E-state index contributed by atoms with van der Waals surface area (Å²) in [5.74, 6) is -1.71. The first kappa shape index (κ1) is 12.8. The highest BCUT2D eigenvalue weighted by Gasteiger charge is 2.38. The molecular weight excluding hydrogens is 239 g/mol. The molecule has 18 heavy (non-hydrogen) atoms. The number of carbonyl (C=O) groups is 1. The number of aromatic carboxylic acids is 1. The fraction of sp³-hybridized carbons (Fsp3) is 0.500. The smallest absolute Gasteiger partial charge is 0.339 e. The molecule has 6 heteroatoms. The lowest BCUT2D eigenvalue weighted by atomic mass is 9.94. The number of halogens is 1. The molecule has 5 nitrogen and oxygen atoms in total. The van der Waals surface area contributed by atoms with E-state index in [4.69, 9.17) is 9.84 Å². The Morgan fingerprint density at radius 2 is 2.44 bits per heavy atom. The second kappa shape index (κ2) is 4.53. The van der Waals surface area contributed by atoms with Crippen molar-refractivity contribution in [2.45, 2.75) is 31.9 Å². The molecular formula is C12H15FN2O3. The van der Waals surface area contributed by atoms with E-state index in [0.29, 0.717) is 6.61 Å². The maximum Gasteiger partial charge on any atom is 0.339 e. The highest BCUT2D eigenvalue weighted by atomic mass is 19.1. The molecule has 1 fully saturated rings. The fourth-order valence-corrected chi connectivity index (χ4v) is 1.97. The third-order valence-corrected chi connectivity index (χ3v) is 3.38. The Balaban J connectivity index is 2.31. The molecule has 1 aromatic heterocycles. The van der Waals surface area contributed by atoms with E-state index >= 15 is 0 Å². The highest BCUT2D eigenvalue weighted by molar-refractivity contribution is 5.93. The van der Waals surface area contributed by atoms with E-state index in [0.717, 1.165) is 18.7 Å². The second-order valence-corrected chi connectivity index (χ2v) is 4.66. The van der Waals surface area contributed by atoms with Gasteiger partial charge >= 0.3 is 5.97 Å². The van der Waals surface area contributed by atoms with Crippen LogP contribution < -0.4 is 5.32 Å². The molecule has 2 unspecified atom stereocenters. The molecule has 0 aromatic carbocycles. The molecule has 0 aliphatic carbocycles. The van der Waals surface area contributed by atoms with Crippen molar-refractivity contribution in [2.24, 2.45) is 0 Å².